The fourth-order valence-corrected chi connectivity index (χ4v) is 4.89. The number of hydrogen-bond acceptors (Lipinski definition) is 1. The van der Waals surface area contributed by atoms with Crippen LogP contribution in [0, 0.1) is 5.41 Å². The predicted octanol–water partition coefficient (Wildman–Crippen LogP) is 5.75. The van der Waals surface area contributed by atoms with Gasteiger partial charge in [0.15, 0.2) is 0 Å². The Bertz CT molecular complexity index is 494. The predicted molar refractivity (Wildman–Crippen MR) is 92.1 cm³/mol. The first-order chi connectivity index (χ1) is 9.94. The van der Waals surface area contributed by atoms with Crippen LogP contribution in [-0.4, -0.2) is 12.1 Å². The highest BCUT2D eigenvalue weighted by molar-refractivity contribution is 5.58. The van der Waals surface area contributed by atoms with E-state index in [0.29, 0.717) is 16.9 Å². The highest BCUT2D eigenvalue weighted by atomic mass is 15.2. The molecule has 3 rings (SSSR count). The molecular weight excluding hydrogens is 254 g/mol. The molecular formula is C20H31N. The molecule has 0 atom stereocenters. The average molecular weight is 285 g/mol. The number of para-hydroxylation sites is 1. The van der Waals surface area contributed by atoms with Crippen LogP contribution >= 0.6 is 0 Å². The number of rotatable bonds is 2. The molecule has 2 aliphatic rings. The Morgan fingerprint density at radius 3 is 2.33 bits per heavy atom. The third-order valence-corrected chi connectivity index (χ3v) is 5.80. The normalized spacial score (nSPS) is 24.0. The zero-order valence-electron chi connectivity index (χ0n) is 14.3. The van der Waals surface area contributed by atoms with Crippen molar-refractivity contribution in [3.05, 3.63) is 29.8 Å². The van der Waals surface area contributed by atoms with Crippen molar-refractivity contribution in [1.82, 2.24) is 0 Å². The second kappa shape index (κ2) is 5.34. The van der Waals surface area contributed by atoms with Gasteiger partial charge in [-0.05, 0) is 56.1 Å². The Morgan fingerprint density at radius 2 is 1.67 bits per heavy atom. The summed E-state index contributed by atoms with van der Waals surface area (Å²) in [7, 11) is 0. The summed E-state index contributed by atoms with van der Waals surface area (Å²) in [6.07, 6.45) is 8.58. The molecule has 1 heteroatoms. The molecule has 1 saturated heterocycles. The molecule has 1 aliphatic heterocycles. The second-order valence-corrected chi connectivity index (χ2v) is 8.35. The van der Waals surface area contributed by atoms with E-state index in [1.54, 1.807) is 0 Å². The fourth-order valence-electron chi connectivity index (χ4n) is 4.89. The lowest BCUT2D eigenvalue weighted by Crippen LogP contribution is -2.39. The molecule has 2 fully saturated rings. The summed E-state index contributed by atoms with van der Waals surface area (Å²) in [6.45, 7) is 10.8. The maximum atomic E-state index is 2.73. The van der Waals surface area contributed by atoms with Gasteiger partial charge in [0.2, 0.25) is 0 Å². The van der Waals surface area contributed by atoms with E-state index in [4.69, 9.17) is 0 Å². The van der Waals surface area contributed by atoms with Gasteiger partial charge in [-0.3, -0.25) is 0 Å². The Labute approximate surface area is 130 Å². The summed E-state index contributed by atoms with van der Waals surface area (Å²) in [5, 5.41) is 0. The fraction of sp³-hybridized carbons (Fsp3) is 0.700. The minimum atomic E-state index is 0.294. The Morgan fingerprint density at radius 1 is 1.00 bits per heavy atom. The highest BCUT2D eigenvalue weighted by Gasteiger charge is 2.48. The summed E-state index contributed by atoms with van der Waals surface area (Å²) in [6, 6.07) is 9.07. The summed E-state index contributed by atoms with van der Waals surface area (Å²) >= 11 is 0. The summed E-state index contributed by atoms with van der Waals surface area (Å²) in [4.78, 5) is 2.73. The summed E-state index contributed by atoms with van der Waals surface area (Å²) in [5.41, 5.74) is 3.88. The van der Waals surface area contributed by atoms with Crippen LogP contribution in [-0.2, 0) is 0 Å². The van der Waals surface area contributed by atoms with Gasteiger partial charge < -0.3 is 4.90 Å². The molecule has 1 heterocycles. The minimum Gasteiger partial charge on any atom is -0.366 e. The first-order valence-corrected chi connectivity index (χ1v) is 8.80. The zero-order valence-corrected chi connectivity index (χ0v) is 14.3. The summed E-state index contributed by atoms with van der Waals surface area (Å²) < 4.78 is 0. The Kier molecular flexibility index (Phi) is 3.80. The molecule has 1 aliphatic carbocycles. The average Bonchev–Trinajstić information content (AvgIpc) is 2.70. The van der Waals surface area contributed by atoms with E-state index < -0.39 is 0 Å². The molecule has 1 aromatic carbocycles. The molecule has 0 unspecified atom stereocenters. The van der Waals surface area contributed by atoms with Crippen LogP contribution in [0.4, 0.5) is 5.69 Å². The maximum absolute atomic E-state index is 2.73. The van der Waals surface area contributed by atoms with Crippen LogP contribution in [0.1, 0.15) is 77.7 Å². The lowest BCUT2D eigenvalue weighted by molar-refractivity contribution is 0.204. The monoisotopic (exact) mass is 285 g/mol. The van der Waals surface area contributed by atoms with Gasteiger partial charge >= 0.3 is 0 Å². The lowest BCUT2D eigenvalue weighted by Gasteiger charge is -2.36. The van der Waals surface area contributed by atoms with Crippen molar-refractivity contribution in [3.8, 4) is 0 Å². The van der Waals surface area contributed by atoms with E-state index in [1.165, 1.54) is 56.3 Å². The standard InChI is InChI=1S/C20H31N/c1-16(2)17-10-6-7-11-18(17)21-15-20(14-19(21,3)4)12-8-5-9-13-20/h6-7,10-11,16H,5,8-9,12-15H2,1-4H3. The van der Waals surface area contributed by atoms with Gasteiger partial charge in [-0.2, -0.15) is 0 Å². The van der Waals surface area contributed by atoms with Crippen molar-refractivity contribution in [1.29, 1.82) is 0 Å². The highest BCUT2D eigenvalue weighted by Crippen LogP contribution is 2.52. The van der Waals surface area contributed by atoms with E-state index in [9.17, 15) is 0 Å². The first kappa shape index (κ1) is 14.9. The molecule has 1 aromatic rings. The van der Waals surface area contributed by atoms with E-state index >= 15 is 0 Å². The largest absolute Gasteiger partial charge is 0.366 e. The van der Waals surface area contributed by atoms with Crippen LogP contribution in [0.5, 0.6) is 0 Å². The van der Waals surface area contributed by atoms with Gasteiger partial charge in [0.25, 0.3) is 0 Å². The molecule has 0 aromatic heterocycles. The van der Waals surface area contributed by atoms with Crippen molar-refractivity contribution < 1.29 is 0 Å². The number of benzene rings is 1. The van der Waals surface area contributed by atoms with E-state index in [1.807, 2.05) is 0 Å². The van der Waals surface area contributed by atoms with Gasteiger partial charge in [-0.15, -0.1) is 0 Å². The molecule has 0 bridgehead atoms. The van der Waals surface area contributed by atoms with E-state index in [2.05, 4.69) is 56.9 Å². The summed E-state index contributed by atoms with van der Waals surface area (Å²) in [5.74, 6) is 0.597. The minimum absolute atomic E-state index is 0.294. The van der Waals surface area contributed by atoms with Crippen molar-refractivity contribution in [2.45, 2.75) is 77.7 Å². The van der Waals surface area contributed by atoms with Crippen molar-refractivity contribution in [2.24, 2.45) is 5.41 Å². The molecule has 1 spiro atoms. The second-order valence-electron chi connectivity index (χ2n) is 8.35. The lowest BCUT2D eigenvalue weighted by atomic mass is 9.71. The van der Waals surface area contributed by atoms with Gasteiger partial charge in [-0.1, -0.05) is 51.3 Å². The molecule has 0 amide bonds. The third kappa shape index (κ3) is 2.72. The number of nitrogens with zero attached hydrogens (tertiary/aromatic N) is 1. The van der Waals surface area contributed by atoms with E-state index in [0.717, 1.165) is 0 Å². The van der Waals surface area contributed by atoms with Gasteiger partial charge in [0.05, 0.1) is 0 Å². The molecule has 1 saturated carbocycles. The number of hydrogen-bond donors (Lipinski definition) is 0. The topological polar surface area (TPSA) is 3.24 Å². The van der Waals surface area contributed by atoms with Crippen LogP contribution < -0.4 is 4.90 Å². The first-order valence-electron chi connectivity index (χ1n) is 8.80. The quantitative estimate of drug-likeness (QED) is 0.669. The van der Waals surface area contributed by atoms with Gasteiger partial charge in [0.1, 0.15) is 0 Å². The molecule has 21 heavy (non-hydrogen) atoms. The SMILES string of the molecule is CC(C)c1ccccc1N1CC2(CCCCC2)CC1(C)C. The van der Waals surface area contributed by atoms with Gasteiger partial charge in [-0.25, -0.2) is 0 Å². The zero-order chi connectivity index (χ0) is 15.1. The molecule has 116 valence electrons. The van der Waals surface area contributed by atoms with Gasteiger partial charge in [0, 0.05) is 17.8 Å². The van der Waals surface area contributed by atoms with E-state index in [-0.39, 0.29) is 0 Å². The van der Waals surface area contributed by atoms with Crippen LogP contribution in [0.2, 0.25) is 0 Å². The van der Waals surface area contributed by atoms with Crippen LogP contribution in [0.15, 0.2) is 24.3 Å². The number of anilines is 1. The Hall–Kier alpha value is -0.980. The molecule has 0 radical (unpaired) electrons. The maximum Gasteiger partial charge on any atom is 0.0406 e. The molecule has 0 N–H and O–H groups in total. The molecule has 1 nitrogen and oxygen atoms in total. The smallest absolute Gasteiger partial charge is 0.0406 e. The Balaban J connectivity index is 1.95. The third-order valence-electron chi connectivity index (χ3n) is 5.80. The van der Waals surface area contributed by atoms with Crippen LogP contribution in [0.3, 0.4) is 0 Å². The van der Waals surface area contributed by atoms with Crippen molar-refractivity contribution >= 4 is 5.69 Å². The van der Waals surface area contributed by atoms with Crippen molar-refractivity contribution in [3.63, 3.8) is 0 Å². The van der Waals surface area contributed by atoms with Crippen LogP contribution in [0.25, 0.3) is 0 Å². The van der Waals surface area contributed by atoms with Crippen molar-refractivity contribution in [2.75, 3.05) is 11.4 Å².